The second kappa shape index (κ2) is 7.49. The first-order chi connectivity index (χ1) is 11.7. The number of aromatic hydroxyl groups is 1. The van der Waals surface area contributed by atoms with Crippen LogP contribution in [0.5, 0.6) is 5.75 Å². The van der Waals surface area contributed by atoms with Crippen molar-refractivity contribution in [3.05, 3.63) is 36.4 Å². The molecule has 6 heteroatoms. The maximum absolute atomic E-state index is 12.8. The number of para-hydroxylation sites is 2. The SMILES string of the molecule is O=C(Nc1ccccc1O)C1CC=CCC1C(=O)N1CCOCC1. The molecule has 24 heavy (non-hydrogen) atoms. The molecule has 0 aromatic heterocycles. The standard InChI is InChI=1S/C18H22N2O4/c21-16-8-4-3-7-15(16)19-17(22)13-5-1-2-6-14(13)18(23)20-9-11-24-12-10-20/h1-4,7-8,13-14,21H,5-6,9-12H2,(H,19,22). The molecule has 2 unspecified atom stereocenters. The quantitative estimate of drug-likeness (QED) is 0.654. The molecular weight excluding hydrogens is 308 g/mol. The van der Waals surface area contributed by atoms with Gasteiger partial charge in [0.2, 0.25) is 11.8 Å². The summed E-state index contributed by atoms with van der Waals surface area (Å²) in [5, 5.41) is 12.6. The Hall–Kier alpha value is -2.34. The van der Waals surface area contributed by atoms with Crippen molar-refractivity contribution in [1.29, 1.82) is 0 Å². The van der Waals surface area contributed by atoms with Crippen LogP contribution in [0.15, 0.2) is 36.4 Å². The van der Waals surface area contributed by atoms with Gasteiger partial charge in [-0.25, -0.2) is 0 Å². The first kappa shape index (κ1) is 16.5. The van der Waals surface area contributed by atoms with Crippen LogP contribution in [0.3, 0.4) is 0 Å². The van der Waals surface area contributed by atoms with Gasteiger partial charge in [0.05, 0.1) is 30.7 Å². The monoisotopic (exact) mass is 330 g/mol. The molecule has 0 spiro atoms. The number of hydrogen-bond acceptors (Lipinski definition) is 4. The van der Waals surface area contributed by atoms with Gasteiger partial charge in [0.25, 0.3) is 0 Å². The molecule has 2 atom stereocenters. The van der Waals surface area contributed by atoms with E-state index in [1.165, 1.54) is 6.07 Å². The van der Waals surface area contributed by atoms with Crippen LogP contribution in [0.2, 0.25) is 0 Å². The first-order valence-corrected chi connectivity index (χ1v) is 8.27. The molecule has 1 aromatic rings. The van der Waals surface area contributed by atoms with Crippen LogP contribution in [-0.2, 0) is 14.3 Å². The lowest BCUT2D eigenvalue weighted by Gasteiger charge is -2.34. The number of allylic oxidation sites excluding steroid dienone is 2. The van der Waals surface area contributed by atoms with Crippen molar-refractivity contribution in [2.24, 2.45) is 11.8 Å². The molecule has 2 N–H and O–H groups in total. The molecule has 3 rings (SSSR count). The number of hydrogen-bond donors (Lipinski definition) is 2. The van der Waals surface area contributed by atoms with E-state index in [1.54, 1.807) is 23.1 Å². The zero-order valence-corrected chi connectivity index (χ0v) is 13.5. The number of anilines is 1. The Morgan fingerprint density at radius 2 is 1.75 bits per heavy atom. The van der Waals surface area contributed by atoms with Gasteiger partial charge in [-0.05, 0) is 25.0 Å². The van der Waals surface area contributed by atoms with Crippen LogP contribution in [0, 0.1) is 11.8 Å². The predicted octanol–water partition coefficient (Wildman–Crippen LogP) is 1.77. The second-order valence-electron chi connectivity index (χ2n) is 6.10. The molecule has 0 saturated carbocycles. The third kappa shape index (κ3) is 3.59. The van der Waals surface area contributed by atoms with Crippen LogP contribution < -0.4 is 5.32 Å². The summed E-state index contributed by atoms with van der Waals surface area (Å²) in [4.78, 5) is 27.2. The highest BCUT2D eigenvalue weighted by Gasteiger charge is 2.36. The fourth-order valence-corrected chi connectivity index (χ4v) is 3.20. The van der Waals surface area contributed by atoms with Gasteiger partial charge in [-0.3, -0.25) is 9.59 Å². The fraction of sp³-hybridized carbons (Fsp3) is 0.444. The van der Waals surface area contributed by atoms with Gasteiger partial charge in [-0.1, -0.05) is 24.3 Å². The summed E-state index contributed by atoms with van der Waals surface area (Å²) in [5.74, 6) is -0.982. The number of amides is 2. The average molecular weight is 330 g/mol. The fourth-order valence-electron chi connectivity index (χ4n) is 3.20. The Balaban J connectivity index is 1.72. The van der Waals surface area contributed by atoms with E-state index in [0.29, 0.717) is 44.8 Å². The number of ether oxygens (including phenoxy) is 1. The van der Waals surface area contributed by atoms with E-state index in [9.17, 15) is 14.7 Å². The summed E-state index contributed by atoms with van der Waals surface area (Å²) in [6.45, 7) is 2.24. The number of morpholine rings is 1. The number of carbonyl (C=O) groups is 2. The smallest absolute Gasteiger partial charge is 0.228 e. The van der Waals surface area contributed by atoms with Crippen molar-refractivity contribution in [3.8, 4) is 5.75 Å². The highest BCUT2D eigenvalue weighted by atomic mass is 16.5. The predicted molar refractivity (Wildman–Crippen MR) is 89.5 cm³/mol. The van der Waals surface area contributed by atoms with E-state index in [1.807, 2.05) is 12.2 Å². The van der Waals surface area contributed by atoms with E-state index in [-0.39, 0.29) is 23.5 Å². The minimum Gasteiger partial charge on any atom is -0.506 e. The molecule has 0 radical (unpaired) electrons. The minimum absolute atomic E-state index is 0.0140. The van der Waals surface area contributed by atoms with Crippen molar-refractivity contribution >= 4 is 17.5 Å². The summed E-state index contributed by atoms with van der Waals surface area (Å²) in [5.41, 5.74) is 0.370. The zero-order chi connectivity index (χ0) is 16.9. The molecule has 128 valence electrons. The number of rotatable bonds is 3. The van der Waals surface area contributed by atoms with Crippen molar-refractivity contribution in [2.45, 2.75) is 12.8 Å². The maximum atomic E-state index is 12.8. The van der Waals surface area contributed by atoms with Crippen LogP contribution in [-0.4, -0.2) is 48.1 Å². The Labute approximate surface area is 141 Å². The summed E-state index contributed by atoms with van der Waals surface area (Å²) >= 11 is 0. The lowest BCUT2D eigenvalue weighted by Crippen LogP contribution is -2.47. The number of phenols is 1. The third-order valence-corrected chi connectivity index (χ3v) is 4.57. The second-order valence-corrected chi connectivity index (χ2v) is 6.10. The Kier molecular flexibility index (Phi) is 5.15. The van der Waals surface area contributed by atoms with Crippen LogP contribution in [0.4, 0.5) is 5.69 Å². The number of benzene rings is 1. The maximum Gasteiger partial charge on any atom is 0.228 e. The van der Waals surface area contributed by atoms with E-state index in [0.717, 1.165) is 0 Å². The van der Waals surface area contributed by atoms with Gasteiger partial charge in [-0.2, -0.15) is 0 Å². The first-order valence-electron chi connectivity index (χ1n) is 8.27. The van der Waals surface area contributed by atoms with Gasteiger partial charge in [0.1, 0.15) is 5.75 Å². The van der Waals surface area contributed by atoms with E-state index in [4.69, 9.17) is 4.74 Å². The molecule has 2 aliphatic rings. The number of nitrogens with one attached hydrogen (secondary N) is 1. The summed E-state index contributed by atoms with van der Waals surface area (Å²) in [6.07, 6.45) is 5.00. The summed E-state index contributed by atoms with van der Waals surface area (Å²) < 4.78 is 5.29. The number of phenolic OH excluding ortho intramolecular Hbond substituents is 1. The van der Waals surface area contributed by atoms with E-state index >= 15 is 0 Å². The molecule has 6 nitrogen and oxygen atoms in total. The van der Waals surface area contributed by atoms with E-state index in [2.05, 4.69) is 5.32 Å². The van der Waals surface area contributed by atoms with Gasteiger partial charge >= 0.3 is 0 Å². The highest BCUT2D eigenvalue weighted by Crippen LogP contribution is 2.30. The lowest BCUT2D eigenvalue weighted by molar-refractivity contribution is -0.144. The largest absolute Gasteiger partial charge is 0.506 e. The van der Waals surface area contributed by atoms with Crippen molar-refractivity contribution in [3.63, 3.8) is 0 Å². The van der Waals surface area contributed by atoms with Crippen LogP contribution >= 0.6 is 0 Å². The van der Waals surface area contributed by atoms with Gasteiger partial charge in [0, 0.05) is 13.1 Å². The van der Waals surface area contributed by atoms with Crippen LogP contribution in [0.1, 0.15) is 12.8 Å². The highest BCUT2D eigenvalue weighted by molar-refractivity contribution is 5.97. The van der Waals surface area contributed by atoms with Crippen molar-refractivity contribution in [1.82, 2.24) is 4.90 Å². The molecule has 1 aliphatic carbocycles. The van der Waals surface area contributed by atoms with Crippen LogP contribution in [0.25, 0.3) is 0 Å². The molecule has 0 bridgehead atoms. The minimum atomic E-state index is -0.426. The number of carbonyl (C=O) groups excluding carboxylic acids is 2. The normalized spacial score (nSPS) is 23.8. The Bertz CT molecular complexity index is 638. The average Bonchev–Trinajstić information content (AvgIpc) is 2.63. The Morgan fingerprint density at radius 3 is 2.46 bits per heavy atom. The third-order valence-electron chi connectivity index (χ3n) is 4.57. The molecule has 1 aromatic carbocycles. The van der Waals surface area contributed by atoms with Crippen molar-refractivity contribution < 1.29 is 19.4 Å². The van der Waals surface area contributed by atoms with Crippen molar-refractivity contribution in [2.75, 3.05) is 31.6 Å². The van der Waals surface area contributed by atoms with E-state index < -0.39 is 5.92 Å². The molecule has 1 fully saturated rings. The molecule has 2 amide bonds. The van der Waals surface area contributed by atoms with Gasteiger partial charge < -0.3 is 20.1 Å². The lowest BCUT2D eigenvalue weighted by atomic mass is 9.81. The zero-order valence-electron chi connectivity index (χ0n) is 13.5. The molecule has 1 heterocycles. The molecule has 1 saturated heterocycles. The number of nitrogens with zero attached hydrogens (tertiary/aromatic N) is 1. The molecular formula is C18H22N2O4. The summed E-state index contributed by atoms with van der Waals surface area (Å²) in [6, 6.07) is 6.60. The topological polar surface area (TPSA) is 78.9 Å². The van der Waals surface area contributed by atoms with Gasteiger partial charge in [0.15, 0.2) is 0 Å². The molecule has 1 aliphatic heterocycles. The summed E-state index contributed by atoms with van der Waals surface area (Å²) in [7, 11) is 0. The Morgan fingerprint density at radius 1 is 1.08 bits per heavy atom. The van der Waals surface area contributed by atoms with Gasteiger partial charge in [-0.15, -0.1) is 0 Å².